The van der Waals surface area contributed by atoms with E-state index < -0.39 is 79.9 Å². The summed E-state index contributed by atoms with van der Waals surface area (Å²) in [6.07, 6.45) is -8.24. The van der Waals surface area contributed by atoms with Gasteiger partial charge in [-0.1, -0.05) is 0 Å². The molecule has 1 heterocycles. The van der Waals surface area contributed by atoms with Crippen molar-refractivity contribution < 1.29 is 62.2 Å². The molecule has 184 valence electrons. The van der Waals surface area contributed by atoms with Crippen LogP contribution in [0.15, 0.2) is 0 Å². The van der Waals surface area contributed by atoms with Crippen molar-refractivity contribution in [2.75, 3.05) is 26.4 Å². The lowest BCUT2D eigenvalue weighted by molar-refractivity contribution is -0.306. The molecule has 0 aromatic carbocycles. The zero-order valence-electron chi connectivity index (χ0n) is 18.3. The van der Waals surface area contributed by atoms with E-state index in [-0.39, 0.29) is 13.2 Å². The highest BCUT2D eigenvalue weighted by Crippen LogP contribution is 2.28. The molecule has 1 unspecified atom stereocenters. The Morgan fingerprint density at radius 1 is 0.969 bits per heavy atom. The number of hydrogen-bond acceptors (Lipinski definition) is 12. The van der Waals surface area contributed by atoms with Gasteiger partial charge in [0.25, 0.3) is 0 Å². The smallest absolute Gasteiger partial charge is 0.355 e. The fourth-order valence-electron chi connectivity index (χ4n) is 2.91. The van der Waals surface area contributed by atoms with Gasteiger partial charge in [0, 0.05) is 20.3 Å². The van der Waals surface area contributed by atoms with Crippen molar-refractivity contribution in [3.8, 4) is 0 Å². The maximum absolute atomic E-state index is 15.2. The van der Waals surface area contributed by atoms with E-state index in [1.807, 2.05) is 0 Å². The molecule has 1 rings (SSSR count). The van der Waals surface area contributed by atoms with Crippen molar-refractivity contribution in [3.63, 3.8) is 0 Å². The van der Waals surface area contributed by atoms with E-state index in [1.54, 1.807) is 0 Å². The van der Waals surface area contributed by atoms with Gasteiger partial charge in [0.05, 0.1) is 26.4 Å². The molecule has 0 bridgehead atoms. The van der Waals surface area contributed by atoms with E-state index >= 15 is 4.39 Å². The second-order valence-electron chi connectivity index (χ2n) is 6.73. The van der Waals surface area contributed by atoms with Gasteiger partial charge in [-0.25, -0.2) is 14.0 Å². The minimum Gasteiger partial charge on any atom is -0.463 e. The van der Waals surface area contributed by atoms with Gasteiger partial charge in [-0.3, -0.25) is 9.59 Å². The van der Waals surface area contributed by atoms with Crippen molar-refractivity contribution in [2.24, 2.45) is 0 Å². The highest BCUT2D eigenvalue weighted by Gasteiger charge is 2.52. The van der Waals surface area contributed by atoms with Crippen LogP contribution in [0.4, 0.5) is 4.39 Å². The maximum atomic E-state index is 15.2. The summed E-state index contributed by atoms with van der Waals surface area (Å²) < 4.78 is 45.2. The summed E-state index contributed by atoms with van der Waals surface area (Å²) in [6.45, 7) is 3.20. The molecule has 0 spiro atoms. The van der Waals surface area contributed by atoms with Crippen LogP contribution in [0, 0.1) is 0 Å². The first kappa shape index (κ1) is 27.7. The summed E-state index contributed by atoms with van der Waals surface area (Å²) >= 11 is 0. The Balaban J connectivity index is 3.05. The molecule has 32 heavy (non-hydrogen) atoms. The summed E-state index contributed by atoms with van der Waals surface area (Å²) in [5.41, 5.74) is -3.18. The second-order valence-corrected chi connectivity index (χ2v) is 6.73. The van der Waals surface area contributed by atoms with Gasteiger partial charge in [0.15, 0.2) is 18.5 Å². The average molecular weight is 468 g/mol. The Kier molecular flexibility index (Phi) is 10.9. The number of alkyl halides is 1. The fourth-order valence-corrected chi connectivity index (χ4v) is 2.91. The Morgan fingerprint density at radius 3 is 1.91 bits per heavy atom. The quantitative estimate of drug-likeness (QED) is 0.220. The molecule has 0 aromatic rings. The van der Waals surface area contributed by atoms with Gasteiger partial charge in [-0.05, 0) is 13.8 Å². The lowest BCUT2D eigenvalue weighted by Crippen LogP contribution is -2.61. The number of carbonyl (C=O) groups excluding carboxylic acids is 4. The summed E-state index contributed by atoms with van der Waals surface area (Å²) in [5.74, 6) is -4.60. The number of aliphatic hydroxyl groups excluding tert-OH is 2. The number of halogens is 1. The van der Waals surface area contributed by atoms with Crippen LogP contribution < -0.4 is 0 Å². The molecule has 2 N–H and O–H groups in total. The van der Waals surface area contributed by atoms with Crippen LogP contribution in [-0.4, -0.2) is 96.9 Å². The summed E-state index contributed by atoms with van der Waals surface area (Å²) in [6, 6.07) is 0. The molecule has 1 aliphatic heterocycles. The molecule has 0 aliphatic carbocycles. The Labute approximate surface area is 183 Å². The summed E-state index contributed by atoms with van der Waals surface area (Å²) in [4.78, 5) is 47.0. The number of esters is 4. The zero-order valence-corrected chi connectivity index (χ0v) is 18.3. The molecular weight excluding hydrogens is 439 g/mol. The van der Waals surface area contributed by atoms with Crippen molar-refractivity contribution >= 4 is 23.9 Å². The molecule has 0 amide bonds. The molecule has 13 heteroatoms. The number of ether oxygens (including phenoxy) is 6. The van der Waals surface area contributed by atoms with E-state index in [9.17, 15) is 29.4 Å². The number of hydrogen-bond donors (Lipinski definition) is 2. The third-order valence-corrected chi connectivity index (χ3v) is 4.33. The van der Waals surface area contributed by atoms with Crippen LogP contribution in [0.25, 0.3) is 0 Å². The van der Waals surface area contributed by atoms with E-state index in [0.717, 1.165) is 13.8 Å². The van der Waals surface area contributed by atoms with Gasteiger partial charge in [0.1, 0.15) is 12.2 Å². The van der Waals surface area contributed by atoms with Gasteiger partial charge in [-0.15, -0.1) is 0 Å². The second kappa shape index (κ2) is 12.6. The van der Waals surface area contributed by atoms with Crippen molar-refractivity contribution in [2.45, 2.75) is 70.5 Å². The maximum Gasteiger partial charge on any atom is 0.355 e. The monoisotopic (exact) mass is 468 g/mol. The van der Waals surface area contributed by atoms with Gasteiger partial charge in [-0.2, -0.15) is 0 Å². The SMILES string of the molecule is CCOC(=O)C(F)(CCOC1O[C@H](CO)[C@H](O)[C@H](OC(C)=O)[C@H]1OC(C)=O)C(=O)OCC. The van der Waals surface area contributed by atoms with Crippen LogP contribution in [-0.2, 0) is 47.6 Å². The first-order chi connectivity index (χ1) is 15.0. The molecule has 0 radical (unpaired) electrons. The molecule has 12 nitrogen and oxygen atoms in total. The molecule has 0 aromatic heterocycles. The fraction of sp³-hybridized carbons (Fsp3) is 0.789. The van der Waals surface area contributed by atoms with Gasteiger partial charge >= 0.3 is 29.5 Å². The lowest BCUT2D eigenvalue weighted by atomic mass is 9.98. The molecule has 0 saturated carbocycles. The van der Waals surface area contributed by atoms with Crippen LogP contribution in [0.1, 0.15) is 34.1 Å². The largest absolute Gasteiger partial charge is 0.463 e. The van der Waals surface area contributed by atoms with Gasteiger partial charge < -0.3 is 38.6 Å². The van der Waals surface area contributed by atoms with E-state index in [0.29, 0.717) is 0 Å². The normalized spacial score (nSPS) is 25.5. The summed E-state index contributed by atoms with van der Waals surface area (Å²) in [7, 11) is 0. The Morgan fingerprint density at radius 2 is 1.47 bits per heavy atom. The molecule has 1 aliphatic rings. The highest BCUT2D eigenvalue weighted by molar-refractivity contribution is 6.03. The number of rotatable bonds is 11. The summed E-state index contributed by atoms with van der Waals surface area (Å²) in [5, 5.41) is 19.8. The Hall–Kier alpha value is -2.35. The lowest BCUT2D eigenvalue weighted by Gasteiger charge is -2.42. The van der Waals surface area contributed by atoms with Crippen LogP contribution in [0.5, 0.6) is 0 Å². The molecular formula is C19H29FO12. The molecule has 1 saturated heterocycles. The van der Waals surface area contributed by atoms with Crippen molar-refractivity contribution in [1.29, 1.82) is 0 Å². The molecule has 1 fully saturated rings. The van der Waals surface area contributed by atoms with E-state index in [4.69, 9.17) is 18.9 Å². The predicted molar refractivity (Wildman–Crippen MR) is 101 cm³/mol. The van der Waals surface area contributed by atoms with Gasteiger partial charge in [0.2, 0.25) is 0 Å². The standard InChI is InChI=1S/C19H29FO12/c1-5-27-17(25)19(20,18(26)28-6-2)7-8-29-16-15(31-11(4)23)14(30-10(3)22)13(24)12(9-21)32-16/h12-16,21,24H,5-9H2,1-4H3/t12-,13+,14+,15-,16?/m1/s1. The van der Waals surface area contributed by atoms with Crippen LogP contribution in [0.3, 0.4) is 0 Å². The third-order valence-electron chi connectivity index (χ3n) is 4.33. The van der Waals surface area contributed by atoms with Crippen molar-refractivity contribution in [1.82, 2.24) is 0 Å². The topological polar surface area (TPSA) is 164 Å². The third kappa shape index (κ3) is 7.08. The number of aliphatic hydroxyl groups is 2. The Bertz CT molecular complexity index is 651. The average Bonchev–Trinajstić information content (AvgIpc) is 2.71. The minimum atomic E-state index is -3.18. The van der Waals surface area contributed by atoms with E-state index in [2.05, 4.69) is 9.47 Å². The zero-order chi connectivity index (χ0) is 24.5. The first-order valence-electron chi connectivity index (χ1n) is 9.95. The number of carbonyl (C=O) groups is 4. The highest BCUT2D eigenvalue weighted by atomic mass is 19.1. The van der Waals surface area contributed by atoms with E-state index in [1.165, 1.54) is 13.8 Å². The predicted octanol–water partition coefficient (Wildman–Crippen LogP) is -0.831. The first-order valence-corrected chi connectivity index (χ1v) is 9.95. The van der Waals surface area contributed by atoms with Crippen LogP contribution >= 0.6 is 0 Å². The minimum absolute atomic E-state index is 0.189. The molecule has 5 atom stereocenters. The van der Waals surface area contributed by atoms with Crippen molar-refractivity contribution in [3.05, 3.63) is 0 Å². The van der Waals surface area contributed by atoms with Crippen LogP contribution in [0.2, 0.25) is 0 Å².